The van der Waals surface area contributed by atoms with Gasteiger partial charge in [0.05, 0.1) is 33.0 Å². The Bertz CT molecular complexity index is 1430. The van der Waals surface area contributed by atoms with E-state index in [0.29, 0.717) is 13.0 Å². The van der Waals surface area contributed by atoms with Crippen LogP contribution in [0.5, 0.6) is 0 Å². The van der Waals surface area contributed by atoms with Gasteiger partial charge < -0.3 is 135 Å². The maximum absolute atomic E-state index is 12.5. The van der Waals surface area contributed by atoms with Crippen molar-refractivity contribution < 1.29 is 129 Å². The van der Waals surface area contributed by atoms with E-state index in [4.69, 9.17) is 53.1 Å². The van der Waals surface area contributed by atoms with Crippen LogP contribution in [0.2, 0.25) is 0 Å². The van der Waals surface area contributed by atoms with Crippen molar-refractivity contribution >= 4 is 5.91 Å². The predicted octanol–water partition coefficient (Wildman–Crippen LogP) is -10.6. The van der Waals surface area contributed by atoms with Gasteiger partial charge >= 0.3 is 0 Å². The summed E-state index contributed by atoms with van der Waals surface area (Å²) in [5, 5.41) is 162. The molecule has 0 aromatic carbocycles. The van der Waals surface area contributed by atoms with Crippen molar-refractivity contribution in [2.45, 2.75) is 180 Å². The first-order valence-electron chi connectivity index (χ1n) is 21.3. The van der Waals surface area contributed by atoms with Gasteiger partial charge in [-0.1, -0.05) is 0 Å². The van der Waals surface area contributed by atoms with Gasteiger partial charge in [0, 0.05) is 13.5 Å². The van der Waals surface area contributed by atoms with Crippen LogP contribution in [0.1, 0.15) is 26.2 Å². The molecular formula is C37H66N2O26. The number of hydrogen-bond acceptors (Lipinski definition) is 27. The van der Waals surface area contributed by atoms with E-state index in [9.17, 15) is 81.4 Å². The quantitative estimate of drug-likeness (QED) is 0.0504. The summed E-state index contributed by atoms with van der Waals surface area (Å²) in [6, 6.07) is -1.70. The van der Waals surface area contributed by atoms with Crippen molar-refractivity contribution in [3.05, 3.63) is 0 Å². The molecule has 5 saturated heterocycles. The minimum atomic E-state index is -2.06. The number of nitrogens with one attached hydrogen (secondary N) is 1. The highest BCUT2D eigenvalue weighted by molar-refractivity contribution is 5.73. The van der Waals surface area contributed by atoms with Crippen molar-refractivity contribution in [3.8, 4) is 0 Å². The topological polar surface area (TPSA) is 451 Å². The highest BCUT2D eigenvalue weighted by Crippen LogP contribution is 2.36. The molecule has 28 nitrogen and oxygen atoms in total. The average molecular weight is 955 g/mol. The molecule has 380 valence electrons. The molecule has 0 bridgehead atoms. The SMILES string of the molecule is CC(=O)N[C@H]1[C@H](O[C@@H]2[C@H](O)[C@@H](O)[C@H](O[C@H]3[C@H](O)[C@@H](O)[C@H](OCCCCCN)O[C@@H]3CO)O[C@@H]2CO)O[C@H](CO)[C@@H](O[C@@H]2O[C@H](CO)[C@H](O)[C@H](O)[C@H]2O[C@@H]2O[C@@H](CO)[C@@H](O)[C@@H](O)[C@@H]2O)[C@@H]1O. The summed E-state index contributed by atoms with van der Waals surface area (Å²) < 4.78 is 57.1. The summed E-state index contributed by atoms with van der Waals surface area (Å²) in [6.07, 6.45) is -41.0. The maximum Gasteiger partial charge on any atom is 0.217 e. The van der Waals surface area contributed by atoms with Gasteiger partial charge in [0.15, 0.2) is 31.5 Å². The lowest BCUT2D eigenvalue weighted by Crippen LogP contribution is -2.70. The molecule has 18 N–H and O–H groups in total. The molecule has 5 heterocycles. The fraction of sp³-hybridized carbons (Fsp3) is 0.973. The van der Waals surface area contributed by atoms with Crippen LogP contribution >= 0.6 is 0 Å². The molecule has 0 radical (unpaired) electrons. The summed E-state index contributed by atoms with van der Waals surface area (Å²) in [7, 11) is 0. The Morgan fingerprint density at radius 3 is 1.35 bits per heavy atom. The number of nitrogens with two attached hydrogens (primary N) is 1. The van der Waals surface area contributed by atoms with Gasteiger partial charge in [0.2, 0.25) is 5.91 Å². The number of hydrogen-bond donors (Lipinski definition) is 17. The molecule has 0 unspecified atom stereocenters. The fourth-order valence-corrected chi connectivity index (χ4v) is 8.16. The number of unbranched alkanes of at least 4 members (excludes halogenated alkanes) is 2. The van der Waals surface area contributed by atoms with E-state index >= 15 is 0 Å². The Labute approximate surface area is 371 Å². The van der Waals surface area contributed by atoms with E-state index in [1.807, 2.05) is 0 Å². The third-order valence-electron chi connectivity index (χ3n) is 11.8. The lowest BCUT2D eigenvalue weighted by Gasteiger charge is -2.50. The highest BCUT2D eigenvalue weighted by Gasteiger charge is 2.57. The first-order chi connectivity index (χ1) is 31.0. The predicted molar refractivity (Wildman–Crippen MR) is 205 cm³/mol. The monoisotopic (exact) mass is 954 g/mol. The molecule has 28 heteroatoms. The zero-order valence-corrected chi connectivity index (χ0v) is 35.3. The maximum atomic E-state index is 12.5. The summed E-state index contributed by atoms with van der Waals surface area (Å²) >= 11 is 0. The van der Waals surface area contributed by atoms with Gasteiger partial charge in [-0.05, 0) is 25.8 Å². The summed E-state index contributed by atoms with van der Waals surface area (Å²) in [4.78, 5) is 12.5. The third-order valence-corrected chi connectivity index (χ3v) is 11.8. The van der Waals surface area contributed by atoms with Crippen molar-refractivity contribution in [1.82, 2.24) is 5.32 Å². The number of rotatable bonds is 20. The average Bonchev–Trinajstić information content (AvgIpc) is 3.29. The van der Waals surface area contributed by atoms with E-state index < -0.39 is 192 Å². The molecule has 0 aliphatic carbocycles. The lowest BCUT2D eigenvalue weighted by atomic mass is 9.94. The molecular weight excluding hydrogens is 888 g/mol. The van der Waals surface area contributed by atoms with Crippen molar-refractivity contribution in [1.29, 1.82) is 0 Å². The van der Waals surface area contributed by atoms with Gasteiger partial charge in [-0.25, -0.2) is 0 Å². The van der Waals surface area contributed by atoms with Crippen LogP contribution in [-0.4, -0.2) is 282 Å². The summed E-state index contributed by atoms with van der Waals surface area (Å²) in [6.45, 7) is -2.85. The van der Waals surface area contributed by atoms with E-state index in [2.05, 4.69) is 5.32 Å². The van der Waals surface area contributed by atoms with Crippen molar-refractivity contribution in [2.75, 3.05) is 46.2 Å². The lowest BCUT2D eigenvalue weighted by molar-refractivity contribution is -0.392. The second kappa shape index (κ2) is 24.8. The van der Waals surface area contributed by atoms with Gasteiger partial charge in [-0.15, -0.1) is 0 Å². The van der Waals surface area contributed by atoms with E-state index in [-0.39, 0.29) is 6.61 Å². The number of aliphatic hydroxyl groups excluding tert-OH is 15. The Balaban J connectivity index is 1.31. The van der Waals surface area contributed by atoms with Crippen LogP contribution in [0.4, 0.5) is 0 Å². The minimum Gasteiger partial charge on any atom is -0.394 e. The molecule has 25 atom stereocenters. The summed E-state index contributed by atoms with van der Waals surface area (Å²) in [5.41, 5.74) is 5.49. The standard InChI is InChI=1S/C37H66N2O26/c1-12(45)39-18-21(48)29(64-37-32(23(50)20(47)14(8-41)58-37)65-35-26(53)22(49)19(46)13(7-40)57-35)15(9-42)59-33(18)62-30-17(11-44)61-36(28(55)25(30)52)63-31-16(10-43)60-34(27(54)24(31)51)56-6-4-2-3-5-38/h13-37,40-44,46-55H,2-11,38H2,1H3,(H,39,45)/t13-,14+,15+,16+,17+,18+,19+,20-,21+,22+,23-,24+,25+,26-,27+,28+,29+,30-,31+,32+,33-,34+,35-,36-,37-/m0/s1. The second-order valence-electron chi connectivity index (χ2n) is 16.4. The molecule has 0 aromatic heterocycles. The molecule has 5 fully saturated rings. The molecule has 5 rings (SSSR count). The minimum absolute atomic E-state index is 0.130. The van der Waals surface area contributed by atoms with Crippen LogP contribution in [0, 0.1) is 0 Å². The molecule has 0 saturated carbocycles. The van der Waals surface area contributed by atoms with Gasteiger partial charge in [0.25, 0.3) is 0 Å². The number of aliphatic hydroxyl groups is 15. The smallest absolute Gasteiger partial charge is 0.217 e. The molecule has 65 heavy (non-hydrogen) atoms. The van der Waals surface area contributed by atoms with E-state index in [0.717, 1.165) is 19.8 Å². The molecule has 0 aromatic rings. The van der Waals surface area contributed by atoms with Gasteiger partial charge in [0.1, 0.15) is 122 Å². The van der Waals surface area contributed by atoms with Crippen LogP contribution in [0.3, 0.4) is 0 Å². The zero-order valence-electron chi connectivity index (χ0n) is 35.3. The number of ether oxygens (including phenoxy) is 10. The van der Waals surface area contributed by atoms with Crippen molar-refractivity contribution in [2.24, 2.45) is 5.73 Å². The Morgan fingerprint density at radius 1 is 0.446 bits per heavy atom. The third kappa shape index (κ3) is 12.4. The molecule has 5 aliphatic rings. The molecule has 5 aliphatic heterocycles. The Kier molecular flexibility index (Phi) is 20.8. The fourth-order valence-electron chi connectivity index (χ4n) is 8.16. The normalized spacial score (nSPS) is 47.4. The highest BCUT2D eigenvalue weighted by atomic mass is 16.8. The molecule has 1 amide bonds. The van der Waals surface area contributed by atoms with E-state index in [1.54, 1.807) is 0 Å². The number of amides is 1. The first kappa shape index (κ1) is 54.4. The Hall–Kier alpha value is -1.57. The number of carbonyl (C=O) groups excluding carboxylic acids is 1. The van der Waals surface area contributed by atoms with Crippen LogP contribution in [0.25, 0.3) is 0 Å². The van der Waals surface area contributed by atoms with Crippen molar-refractivity contribution in [3.63, 3.8) is 0 Å². The van der Waals surface area contributed by atoms with Gasteiger partial charge in [-0.3, -0.25) is 4.79 Å². The summed E-state index contributed by atoms with van der Waals surface area (Å²) in [5.74, 6) is -0.801. The van der Waals surface area contributed by atoms with Crippen LogP contribution < -0.4 is 11.1 Å². The largest absolute Gasteiger partial charge is 0.394 e. The second-order valence-corrected chi connectivity index (χ2v) is 16.4. The molecule has 0 spiro atoms. The first-order valence-corrected chi connectivity index (χ1v) is 21.3. The van der Waals surface area contributed by atoms with Gasteiger partial charge in [-0.2, -0.15) is 0 Å². The van der Waals surface area contributed by atoms with Crippen LogP contribution in [-0.2, 0) is 52.2 Å². The van der Waals surface area contributed by atoms with E-state index in [1.165, 1.54) is 0 Å². The Morgan fingerprint density at radius 2 is 0.831 bits per heavy atom. The number of carbonyl (C=O) groups is 1. The van der Waals surface area contributed by atoms with Crippen LogP contribution in [0.15, 0.2) is 0 Å². The zero-order chi connectivity index (χ0) is 47.9.